The highest BCUT2D eigenvalue weighted by Crippen LogP contribution is 2.50. The van der Waals surface area contributed by atoms with E-state index < -0.39 is 0 Å². The van der Waals surface area contributed by atoms with Crippen LogP contribution in [0.25, 0.3) is 0 Å². The second kappa shape index (κ2) is 7.29. The molecule has 0 amide bonds. The lowest BCUT2D eigenvalue weighted by molar-refractivity contribution is 0.223. The zero-order chi connectivity index (χ0) is 13.8. The maximum absolute atomic E-state index is 3.95. The molecule has 4 unspecified atom stereocenters. The average Bonchev–Trinajstić information content (AvgIpc) is 2.97. The smallest absolute Gasteiger partial charge is 0.00980 e. The Labute approximate surface area is 126 Å². The van der Waals surface area contributed by atoms with Crippen molar-refractivity contribution in [2.45, 2.75) is 90.0 Å². The normalized spacial score (nSPS) is 36.1. The van der Waals surface area contributed by atoms with Crippen LogP contribution in [-0.4, -0.2) is 12.6 Å². The third kappa shape index (κ3) is 3.59. The summed E-state index contributed by atoms with van der Waals surface area (Å²) < 4.78 is 0. The molecule has 3 saturated carbocycles. The fourth-order valence-electron chi connectivity index (χ4n) is 5.48. The molecule has 0 aromatic rings. The molecule has 1 heteroatoms. The van der Waals surface area contributed by atoms with Gasteiger partial charge in [0.25, 0.3) is 0 Å². The van der Waals surface area contributed by atoms with Gasteiger partial charge in [0.05, 0.1) is 0 Å². The summed E-state index contributed by atoms with van der Waals surface area (Å²) in [5, 5.41) is 3.95. The van der Waals surface area contributed by atoms with E-state index in [1.54, 1.807) is 25.7 Å². The number of fused-ring (bicyclic) bond motifs is 2. The second-order valence-electron chi connectivity index (χ2n) is 7.98. The molecule has 2 bridgehead atoms. The van der Waals surface area contributed by atoms with Crippen LogP contribution >= 0.6 is 0 Å². The van der Waals surface area contributed by atoms with Crippen LogP contribution in [0.1, 0.15) is 84.0 Å². The van der Waals surface area contributed by atoms with Gasteiger partial charge < -0.3 is 5.32 Å². The van der Waals surface area contributed by atoms with Crippen LogP contribution in [0.15, 0.2) is 0 Å². The predicted molar refractivity (Wildman–Crippen MR) is 86.8 cm³/mol. The van der Waals surface area contributed by atoms with Gasteiger partial charge in [-0.3, -0.25) is 0 Å². The Morgan fingerprint density at radius 3 is 2.35 bits per heavy atom. The van der Waals surface area contributed by atoms with E-state index in [-0.39, 0.29) is 0 Å². The third-order valence-corrected chi connectivity index (χ3v) is 6.57. The summed E-state index contributed by atoms with van der Waals surface area (Å²) in [4.78, 5) is 0. The summed E-state index contributed by atoms with van der Waals surface area (Å²) in [7, 11) is 0. The molecule has 0 aromatic heterocycles. The van der Waals surface area contributed by atoms with Gasteiger partial charge in [0.2, 0.25) is 0 Å². The summed E-state index contributed by atoms with van der Waals surface area (Å²) in [5.41, 5.74) is 0. The van der Waals surface area contributed by atoms with Crippen molar-refractivity contribution in [2.75, 3.05) is 6.54 Å². The molecule has 1 nitrogen and oxygen atoms in total. The molecule has 0 spiro atoms. The van der Waals surface area contributed by atoms with Crippen LogP contribution in [0.5, 0.6) is 0 Å². The summed E-state index contributed by atoms with van der Waals surface area (Å²) in [6.07, 6.45) is 18.0. The van der Waals surface area contributed by atoms with E-state index in [0.29, 0.717) is 0 Å². The molecular formula is C19H35N. The number of nitrogens with one attached hydrogen (secondary N) is 1. The monoisotopic (exact) mass is 277 g/mol. The molecule has 20 heavy (non-hydrogen) atoms. The Balaban J connectivity index is 1.56. The third-order valence-electron chi connectivity index (χ3n) is 6.57. The number of rotatable bonds is 6. The molecule has 0 aromatic carbocycles. The highest BCUT2D eigenvalue weighted by molar-refractivity contribution is 4.93. The molecule has 0 radical (unpaired) electrons. The Morgan fingerprint density at radius 1 is 0.950 bits per heavy atom. The Morgan fingerprint density at radius 2 is 1.75 bits per heavy atom. The van der Waals surface area contributed by atoms with Gasteiger partial charge in [-0.05, 0) is 75.2 Å². The lowest BCUT2D eigenvalue weighted by atomic mass is 9.79. The molecular weight excluding hydrogens is 242 g/mol. The highest BCUT2D eigenvalue weighted by Gasteiger charge is 2.40. The number of hydrogen-bond acceptors (Lipinski definition) is 1. The lowest BCUT2D eigenvalue weighted by Gasteiger charge is -2.32. The van der Waals surface area contributed by atoms with Crippen molar-refractivity contribution in [3.8, 4) is 0 Å². The fourth-order valence-corrected chi connectivity index (χ4v) is 5.48. The van der Waals surface area contributed by atoms with E-state index in [1.165, 1.54) is 57.9 Å². The first-order chi connectivity index (χ1) is 9.86. The predicted octanol–water partition coefficient (Wildman–Crippen LogP) is 5.15. The molecule has 3 aliphatic rings. The SMILES string of the molecule is CCCNC(CC1CC2CCC1C2)C1CCCCCC1. The molecule has 3 aliphatic carbocycles. The van der Waals surface area contributed by atoms with Crippen molar-refractivity contribution >= 4 is 0 Å². The minimum absolute atomic E-state index is 0.845. The summed E-state index contributed by atoms with van der Waals surface area (Å²) in [6.45, 7) is 3.55. The quantitative estimate of drug-likeness (QED) is 0.662. The second-order valence-corrected chi connectivity index (χ2v) is 7.98. The van der Waals surface area contributed by atoms with Gasteiger partial charge in [-0.1, -0.05) is 39.0 Å². The van der Waals surface area contributed by atoms with Gasteiger partial charge in [-0.2, -0.15) is 0 Å². The van der Waals surface area contributed by atoms with Gasteiger partial charge in [0.15, 0.2) is 0 Å². The Bertz CT molecular complexity index is 279. The average molecular weight is 277 g/mol. The van der Waals surface area contributed by atoms with Crippen molar-refractivity contribution in [3.05, 3.63) is 0 Å². The van der Waals surface area contributed by atoms with Crippen LogP contribution in [0.3, 0.4) is 0 Å². The minimum Gasteiger partial charge on any atom is -0.314 e. The van der Waals surface area contributed by atoms with E-state index in [4.69, 9.17) is 0 Å². The molecule has 0 heterocycles. The molecule has 4 atom stereocenters. The van der Waals surface area contributed by atoms with Crippen LogP contribution in [0.4, 0.5) is 0 Å². The van der Waals surface area contributed by atoms with Crippen LogP contribution < -0.4 is 5.32 Å². The van der Waals surface area contributed by atoms with E-state index in [1.807, 2.05) is 0 Å². The van der Waals surface area contributed by atoms with Crippen molar-refractivity contribution in [3.63, 3.8) is 0 Å². The Kier molecular flexibility index (Phi) is 5.42. The Hall–Kier alpha value is -0.0400. The summed E-state index contributed by atoms with van der Waals surface area (Å²) >= 11 is 0. The van der Waals surface area contributed by atoms with E-state index in [9.17, 15) is 0 Å². The maximum atomic E-state index is 3.95. The van der Waals surface area contributed by atoms with Gasteiger partial charge in [-0.15, -0.1) is 0 Å². The molecule has 0 aliphatic heterocycles. The number of hydrogen-bond donors (Lipinski definition) is 1. The summed E-state index contributed by atoms with van der Waals surface area (Å²) in [6, 6.07) is 0.845. The lowest BCUT2D eigenvalue weighted by Crippen LogP contribution is -2.39. The molecule has 3 fully saturated rings. The zero-order valence-electron chi connectivity index (χ0n) is 13.6. The van der Waals surface area contributed by atoms with E-state index >= 15 is 0 Å². The fraction of sp³-hybridized carbons (Fsp3) is 1.00. The topological polar surface area (TPSA) is 12.0 Å². The van der Waals surface area contributed by atoms with E-state index in [2.05, 4.69) is 12.2 Å². The minimum atomic E-state index is 0.845. The molecule has 3 rings (SSSR count). The molecule has 0 saturated heterocycles. The standard InChI is InChI=1S/C19H35N/c1-2-11-20-19(16-7-5-3-4-6-8-16)14-18-13-15-9-10-17(18)12-15/h15-20H,2-14H2,1H3. The van der Waals surface area contributed by atoms with E-state index in [0.717, 1.165) is 29.7 Å². The van der Waals surface area contributed by atoms with Gasteiger partial charge in [-0.25, -0.2) is 0 Å². The van der Waals surface area contributed by atoms with Crippen molar-refractivity contribution in [1.29, 1.82) is 0 Å². The van der Waals surface area contributed by atoms with Gasteiger partial charge in [0, 0.05) is 6.04 Å². The molecule has 116 valence electrons. The molecule has 1 N–H and O–H groups in total. The largest absolute Gasteiger partial charge is 0.314 e. The van der Waals surface area contributed by atoms with Crippen LogP contribution in [-0.2, 0) is 0 Å². The highest BCUT2D eigenvalue weighted by atomic mass is 14.9. The van der Waals surface area contributed by atoms with Gasteiger partial charge in [0.1, 0.15) is 0 Å². The first kappa shape index (κ1) is 14.9. The van der Waals surface area contributed by atoms with Crippen molar-refractivity contribution < 1.29 is 0 Å². The van der Waals surface area contributed by atoms with Gasteiger partial charge >= 0.3 is 0 Å². The van der Waals surface area contributed by atoms with Crippen molar-refractivity contribution in [1.82, 2.24) is 5.32 Å². The van der Waals surface area contributed by atoms with Crippen molar-refractivity contribution in [2.24, 2.45) is 23.7 Å². The maximum Gasteiger partial charge on any atom is 0.00980 e. The first-order valence-electron chi connectivity index (χ1n) is 9.60. The first-order valence-corrected chi connectivity index (χ1v) is 9.60. The zero-order valence-corrected chi connectivity index (χ0v) is 13.6. The van der Waals surface area contributed by atoms with Crippen LogP contribution in [0.2, 0.25) is 0 Å². The van der Waals surface area contributed by atoms with Crippen LogP contribution in [0, 0.1) is 23.7 Å². The summed E-state index contributed by atoms with van der Waals surface area (Å²) in [5.74, 6) is 4.29.